The largest absolute Gasteiger partial charge is 0.338 e. The maximum Gasteiger partial charge on any atom is 0.138 e. The Hall–Kier alpha value is -2.33. The number of hydrogen-bond acceptors (Lipinski definition) is 3. The summed E-state index contributed by atoms with van der Waals surface area (Å²) in [6.45, 7) is 6.66. The maximum absolute atomic E-state index is 4.65. The summed E-state index contributed by atoms with van der Waals surface area (Å²) in [4.78, 5) is 8.05. The third-order valence-electron chi connectivity index (χ3n) is 3.82. The van der Waals surface area contributed by atoms with Crippen molar-refractivity contribution in [2.45, 2.75) is 33.2 Å². The molecule has 23 heavy (non-hydrogen) atoms. The van der Waals surface area contributed by atoms with Gasteiger partial charge in [0.05, 0.1) is 16.7 Å². The lowest BCUT2D eigenvalue weighted by molar-refractivity contribution is 0.467. The fourth-order valence-electron chi connectivity index (χ4n) is 2.79. The lowest BCUT2D eigenvalue weighted by Gasteiger charge is -2.17. The Balaban J connectivity index is 1.74. The predicted octanol–water partition coefficient (Wildman–Crippen LogP) is 4.58. The number of hydrazine groups is 1. The molecule has 0 radical (unpaired) electrons. The molecule has 3 aromatic rings. The van der Waals surface area contributed by atoms with Crippen molar-refractivity contribution in [1.29, 1.82) is 0 Å². The van der Waals surface area contributed by atoms with E-state index in [-0.39, 0.29) is 0 Å². The van der Waals surface area contributed by atoms with Gasteiger partial charge in [0, 0.05) is 11.6 Å². The van der Waals surface area contributed by atoms with Crippen molar-refractivity contribution >= 4 is 16.7 Å². The Morgan fingerprint density at radius 1 is 1.04 bits per heavy atom. The molecule has 1 aromatic heterocycles. The average molecular weight is 308 g/mol. The van der Waals surface area contributed by atoms with E-state index in [2.05, 4.69) is 59.8 Å². The van der Waals surface area contributed by atoms with Gasteiger partial charge in [-0.1, -0.05) is 44.2 Å². The van der Waals surface area contributed by atoms with Gasteiger partial charge in [0.1, 0.15) is 5.82 Å². The summed E-state index contributed by atoms with van der Waals surface area (Å²) < 4.78 is 0. The van der Waals surface area contributed by atoms with E-state index in [0.29, 0.717) is 12.0 Å². The number of aromatic nitrogens is 2. The molecule has 0 aliphatic rings. The van der Waals surface area contributed by atoms with Crippen molar-refractivity contribution in [3.05, 3.63) is 48.5 Å². The Morgan fingerprint density at radius 3 is 2.57 bits per heavy atom. The van der Waals surface area contributed by atoms with Gasteiger partial charge in [0.2, 0.25) is 0 Å². The summed E-state index contributed by atoms with van der Waals surface area (Å²) in [5.74, 6) is 1.58. The molecule has 3 rings (SSSR count). The van der Waals surface area contributed by atoms with Gasteiger partial charge < -0.3 is 10.4 Å². The van der Waals surface area contributed by atoms with Crippen molar-refractivity contribution in [2.24, 2.45) is 5.92 Å². The second kappa shape index (κ2) is 6.84. The summed E-state index contributed by atoms with van der Waals surface area (Å²) in [5, 5.41) is 0. The molecule has 3 N–H and O–H groups in total. The Morgan fingerprint density at radius 2 is 1.83 bits per heavy atom. The molecule has 1 atom stereocenters. The summed E-state index contributed by atoms with van der Waals surface area (Å²) in [6.07, 6.45) is 1.14. The number of anilines is 1. The molecular weight excluding hydrogens is 284 g/mol. The number of hydrogen-bond donors (Lipinski definition) is 3. The first kappa shape index (κ1) is 15.6. The molecule has 0 aliphatic carbocycles. The van der Waals surface area contributed by atoms with Crippen LogP contribution in [0.15, 0.2) is 48.5 Å². The van der Waals surface area contributed by atoms with Crippen LogP contribution in [0.25, 0.3) is 22.4 Å². The quantitative estimate of drug-likeness (QED) is 0.584. The Kier molecular flexibility index (Phi) is 4.63. The minimum Gasteiger partial charge on any atom is -0.338 e. The van der Waals surface area contributed by atoms with Gasteiger partial charge in [-0.3, -0.25) is 0 Å². The van der Waals surface area contributed by atoms with Crippen molar-refractivity contribution in [3.63, 3.8) is 0 Å². The van der Waals surface area contributed by atoms with E-state index in [4.69, 9.17) is 0 Å². The van der Waals surface area contributed by atoms with Crippen LogP contribution in [0.5, 0.6) is 0 Å². The molecule has 1 heterocycles. The molecule has 0 saturated carbocycles. The first-order chi connectivity index (χ1) is 11.1. The van der Waals surface area contributed by atoms with Gasteiger partial charge in [-0.25, -0.2) is 10.4 Å². The number of nitrogens with zero attached hydrogens (tertiary/aromatic N) is 1. The molecule has 0 saturated heterocycles. The first-order valence-corrected chi connectivity index (χ1v) is 8.18. The number of benzene rings is 2. The van der Waals surface area contributed by atoms with Crippen LogP contribution in [-0.4, -0.2) is 16.0 Å². The summed E-state index contributed by atoms with van der Waals surface area (Å²) in [7, 11) is 0. The van der Waals surface area contributed by atoms with Gasteiger partial charge >= 0.3 is 0 Å². The second-order valence-corrected chi connectivity index (χ2v) is 6.48. The van der Waals surface area contributed by atoms with Crippen LogP contribution in [0, 0.1) is 5.92 Å². The van der Waals surface area contributed by atoms with E-state index in [1.165, 1.54) is 0 Å². The van der Waals surface area contributed by atoms with Gasteiger partial charge in [-0.15, -0.1) is 0 Å². The van der Waals surface area contributed by atoms with E-state index in [0.717, 1.165) is 34.5 Å². The molecule has 0 bridgehead atoms. The van der Waals surface area contributed by atoms with E-state index in [1.54, 1.807) is 0 Å². The lowest BCUT2D eigenvalue weighted by atomic mass is 10.1. The summed E-state index contributed by atoms with van der Waals surface area (Å²) >= 11 is 0. The molecular formula is C19H24N4. The predicted molar refractivity (Wildman–Crippen MR) is 97.2 cm³/mol. The van der Waals surface area contributed by atoms with Gasteiger partial charge in [0.15, 0.2) is 0 Å². The number of nitrogens with one attached hydrogen (secondary N) is 3. The van der Waals surface area contributed by atoms with Crippen molar-refractivity contribution in [3.8, 4) is 11.4 Å². The molecule has 120 valence electrons. The Labute approximate surface area is 137 Å². The fraction of sp³-hybridized carbons (Fsp3) is 0.316. The number of H-pyrrole nitrogens is 1. The molecule has 1 unspecified atom stereocenters. The van der Waals surface area contributed by atoms with E-state index < -0.39 is 0 Å². The van der Waals surface area contributed by atoms with Crippen molar-refractivity contribution < 1.29 is 0 Å². The topological polar surface area (TPSA) is 52.7 Å². The van der Waals surface area contributed by atoms with Crippen LogP contribution in [0.3, 0.4) is 0 Å². The van der Waals surface area contributed by atoms with Crippen LogP contribution in [-0.2, 0) is 0 Å². The maximum atomic E-state index is 4.65. The average Bonchev–Trinajstić information content (AvgIpc) is 2.96. The molecule has 0 amide bonds. The normalized spacial score (nSPS) is 12.7. The van der Waals surface area contributed by atoms with Gasteiger partial charge in [-0.2, -0.15) is 0 Å². The molecule has 4 nitrogen and oxygen atoms in total. The van der Waals surface area contributed by atoms with E-state index >= 15 is 0 Å². The van der Waals surface area contributed by atoms with E-state index in [1.807, 2.05) is 30.3 Å². The molecule has 2 aromatic carbocycles. The lowest BCUT2D eigenvalue weighted by Crippen LogP contribution is -2.32. The highest BCUT2D eigenvalue weighted by Crippen LogP contribution is 2.22. The highest BCUT2D eigenvalue weighted by Gasteiger charge is 2.07. The van der Waals surface area contributed by atoms with Crippen LogP contribution < -0.4 is 10.9 Å². The monoisotopic (exact) mass is 308 g/mol. The first-order valence-electron chi connectivity index (χ1n) is 8.18. The summed E-state index contributed by atoms with van der Waals surface area (Å²) in [6, 6.07) is 16.8. The highest BCUT2D eigenvalue weighted by atomic mass is 15.4. The number of aromatic amines is 1. The second-order valence-electron chi connectivity index (χ2n) is 6.48. The Bertz CT molecular complexity index is 761. The zero-order valence-electron chi connectivity index (χ0n) is 13.9. The smallest absolute Gasteiger partial charge is 0.138 e. The van der Waals surface area contributed by atoms with Gasteiger partial charge in [-0.05, 0) is 37.5 Å². The van der Waals surface area contributed by atoms with Crippen molar-refractivity contribution in [1.82, 2.24) is 15.4 Å². The highest BCUT2D eigenvalue weighted by molar-refractivity contribution is 5.82. The molecule has 0 spiro atoms. The van der Waals surface area contributed by atoms with Crippen molar-refractivity contribution in [2.75, 3.05) is 5.43 Å². The third kappa shape index (κ3) is 3.90. The van der Waals surface area contributed by atoms with E-state index in [9.17, 15) is 0 Å². The number of imidazole rings is 1. The third-order valence-corrected chi connectivity index (χ3v) is 3.82. The zero-order chi connectivity index (χ0) is 16.2. The zero-order valence-corrected chi connectivity index (χ0v) is 13.9. The minimum atomic E-state index is 0.423. The molecule has 0 fully saturated rings. The fourth-order valence-corrected chi connectivity index (χ4v) is 2.79. The van der Waals surface area contributed by atoms with Gasteiger partial charge in [0.25, 0.3) is 0 Å². The van der Waals surface area contributed by atoms with Crippen LogP contribution in [0.4, 0.5) is 5.69 Å². The van der Waals surface area contributed by atoms with Crippen LogP contribution in [0.2, 0.25) is 0 Å². The number of rotatable bonds is 6. The standard InChI is InChI=1S/C19H24N4/c1-13(2)11-14(3)22-23-16-9-10-17-18(12-16)21-19(20-17)15-7-5-4-6-8-15/h4-10,12-14,22-23H,11H2,1-3H3,(H,20,21). The SMILES string of the molecule is CC(C)CC(C)NNc1ccc2nc(-c3ccccc3)[nH]c2c1. The number of fused-ring (bicyclic) bond motifs is 1. The molecule has 0 aliphatic heterocycles. The van der Waals surface area contributed by atoms with Crippen LogP contribution in [0.1, 0.15) is 27.2 Å². The van der Waals surface area contributed by atoms with Crippen LogP contribution >= 0.6 is 0 Å². The molecule has 4 heteroatoms. The summed E-state index contributed by atoms with van der Waals surface area (Å²) in [5.41, 5.74) is 10.8. The minimum absolute atomic E-state index is 0.423.